The molecule has 6 nitrogen and oxygen atoms in total. The van der Waals surface area contributed by atoms with Crippen molar-refractivity contribution in [3.63, 3.8) is 0 Å². The van der Waals surface area contributed by atoms with Crippen LogP contribution in [-0.2, 0) is 9.84 Å². The second kappa shape index (κ2) is 11.5. The van der Waals surface area contributed by atoms with E-state index in [4.69, 9.17) is 0 Å². The van der Waals surface area contributed by atoms with Crippen LogP contribution in [0.2, 0.25) is 0 Å². The predicted octanol–water partition coefficient (Wildman–Crippen LogP) is 1.47. The Bertz CT molecular complexity index is 450. The molecule has 1 unspecified atom stereocenters. The highest BCUT2D eigenvalue weighted by Gasteiger charge is 2.19. The third-order valence-corrected chi connectivity index (χ3v) is 5.21. The van der Waals surface area contributed by atoms with Crippen molar-refractivity contribution in [3.05, 3.63) is 0 Å². The number of halogens is 1. The Balaban J connectivity index is 0.00000484. The highest BCUT2D eigenvalue weighted by molar-refractivity contribution is 14.0. The lowest BCUT2D eigenvalue weighted by Gasteiger charge is -2.25. The van der Waals surface area contributed by atoms with Crippen molar-refractivity contribution in [2.75, 3.05) is 39.2 Å². The quantitative estimate of drug-likeness (QED) is 0.326. The number of rotatable bonds is 8. The van der Waals surface area contributed by atoms with Gasteiger partial charge in [0.05, 0.1) is 5.75 Å². The van der Waals surface area contributed by atoms with Gasteiger partial charge in [0.15, 0.2) is 5.96 Å². The van der Waals surface area contributed by atoms with Crippen molar-refractivity contribution in [1.29, 1.82) is 0 Å². The van der Waals surface area contributed by atoms with Gasteiger partial charge in [-0.05, 0) is 33.2 Å². The standard InChI is InChI=1S/C15H32N4O2S.HI/c1-13(9-12-22(4,20)21)18-15(16-2)17-10-11-19(3)14-7-5-6-8-14;/h13-14H,5-12H2,1-4H3,(H2,16,17,18);1H. The summed E-state index contributed by atoms with van der Waals surface area (Å²) in [7, 11) is 1.01. The second-order valence-electron chi connectivity index (χ2n) is 6.38. The van der Waals surface area contributed by atoms with Gasteiger partial charge in [0.2, 0.25) is 0 Å². The number of hydrogen-bond donors (Lipinski definition) is 2. The third kappa shape index (κ3) is 10.4. The van der Waals surface area contributed by atoms with Crippen LogP contribution in [0.25, 0.3) is 0 Å². The molecule has 0 saturated heterocycles. The molecule has 0 aromatic carbocycles. The Kier molecular flexibility index (Phi) is 11.4. The molecule has 2 N–H and O–H groups in total. The molecule has 1 fully saturated rings. The van der Waals surface area contributed by atoms with Crippen molar-refractivity contribution >= 4 is 39.8 Å². The fourth-order valence-corrected chi connectivity index (χ4v) is 3.55. The largest absolute Gasteiger partial charge is 0.355 e. The van der Waals surface area contributed by atoms with E-state index in [-0.39, 0.29) is 35.8 Å². The summed E-state index contributed by atoms with van der Waals surface area (Å²) in [5.74, 6) is 0.934. The summed E-state index contributed by atoms with van der Waals surface area (Å²) in [6, 6.07) is 0.805. The van der Waals surface area contributed by atoms with Crippen LogP contribution in [0.3, 0.4) is 0 Å². The molecule has 0 aromatic heterocycles. The van der Waals surface area contributed by atoms with E-state index in [0.29, 0.717) is 6.42 Å². The van der Waals surface area contributed by atoms with E-state index < -0.39 is 9.84 Å². The van der Waals surface area contributed by atoms with Crippen LogP contribution >= 0.6 is 24.0 Å². The minimum Gasteiger partial charge on any atom is -0.355 e. The Labute approximate surface area is 158 Å². The van der Waals surface area contributed by atoms with Crippen LogP contribution in [0.5, 0.6) is 0 Å². The van der Waals surface area contributed by atoms with Gasteiger partial charge in [-0.3, -0.25) is 4.99 Å². The molecule has 1 saturated carbocycles. The normalized spacial score (nSPS) is 17.9. The fraction of sp³-hybridized carbons (Fsp3) is 0.933. The molecular formula is C15H33IN4O2S. The summed E-state index contributed by atoms with van der Waals surface area (Å²) >= 11 is 0. The van der Waals surface area contributed by atoms with E-state index in [1.165, 1.54) is 31.9 Å². The van der Waals surface area contributed by atoms with E-state index in [2.05, 4.69) is 27.6 Å². The number of guanidine groups is 1. The smallest absolute Gasteiger partial charge is 0.191 e. The van der Waals surface area contributed by atoms with Gasteiger partial charge in [0.1, 0.15) is 9.84 Å². The van der Waals surface area contributed by atoms with Crippen molar-refractivity contribution in [2.24, 2.45) is 4.99 Å². The molecule has 8 heteroatoms. The first-order chi connectivity index (χ1) is 10.3. The molecule has 138 valence electrons. The van der Waals surface area contributed by atoms with Crippen molar-refractivity contribution in [3.8, 4) is 0 Å². The van der Waals surface area contributed by atoms with Crippen LogP contribution in [0.15, 0.2) is 4.99 Å². The van der Waals surface area contributed by atoms with Gasteiger partial charge >= 0.3 is 0 Å². The van der Waals surface area contributed by atoms with Gasteiger partial charge < -0.3 is 15.5 Å². The molecule has 1 aliphatic rings. The first-order valence-corrected chi connectivity index (χ1v) is 10.2. The topological polar surface area (TPSA) is 73.8 Å². The molecule has 0 aliphatic heterocycles. The van der Waals surface area contributed by atoms with E-state index in [1.807, 2.05) is 6.92 Å². The van der Waals surface area contributed by atoms with Crippen molar-refractivity contribution < 1.29 is 8.42 Å². The molecule has 0 amide bonds. The average Bonchev–Trinajstić information content (AvgIpc) is 2.97. The fourth-order valence-electron chi connectivity index (χ4n) is 2.77. The minimum absolute atomic E-state index is 0. The Hall–Kier alpha value is -0.0900. The van der Waals surface area contributed by atoms with Gasteiger partial charge in [0.25, 0.3) is 0 Å². The van der Waals surface area contributed by atoms with Gasteiger partial charge in [-0.25, -0.2) is 8.42 Å². The zero-order valence-electron chi connectivity index (χ0n) is 14.8. The zero-order chi connectivity index (χ0) is 16.6. The maximum atomic E-state index is 11.2. The average molecular weight is 460 g/mol. The van der Waals surface area contributed by atoms with Crippen LogP contribution in [0.4, 0.5) is 0 Å². The third-order valence-electron chi connectivity index (χ3n) is 4.23. The van der Waals surface area contributed by atoms with Gasteiger partial charge in [0, 0.05) is 38.5 Å². The van der Waals surface area contributed by atoms with Crippen LogP contribution in [0, 0.1) is 0 Å². The van der Waals surface area contributed by atoms with Crippen molar-refractivity contribution in [1.82, 2.24) is 15.5 Å². The molecule has 0 spiro atoms. The zero-order valence-corrected chi connectivity index (χ0v) is 18.0. The van der Waals surface area contributed by atoms with Gasteiger partial charge in [-0.1, -0.05) is 12.8 Å². The molecule has 1 atom stereocenters. The Morgan fingerprint density at radius 1 is 1.35 bits per heavy atom. The molecule has 0 heterocycles. The minimum atomic E-state index is -2.91. The summed E-state index contributed by atoms with van der Waals surface area (Å²) in [5.41, 5.74) is 0. The lowest BCUT2D eigenvalue weighted by atomic mass is 10.2. The van der Waals surface area contributed by atoms with E-state index in [0.717, 1.165) is 25.1 Å². The van der Waals surface area contributed by atoms with E-state index in [1.54, 1.807) is 7.05 Å². The SMILES string of the molecule is CN=C(NCCN(C)C1CCCC1)NC(C)CCS(C)(=O)=O.I. The lowest BCUT2D eigenvalue weighted by molar-refractivity contribution is 0.249. The number of aliphatic imine (C=N–C) groups is 1. The molecule has 1 rings (SSSR count). The predicted molar refractivity (Wildman–Crippen MR) is 109 cm³/mol. The maximum Gasteiger partial charge on any atom is 0.191 e. The van der Waals surface area contributed by atoms with E-state index in [9.17, 15) is 8.42 Å². The second-order valence-corrected chi connectivity index (χ2v) is 8.64. The van der Waals surface area contributed by atoms with Gasteiger partial charge in [-0.15, -0.1) is 24.0 Å². The summed E-state index contributed by atoms with van der Waals surface area (Å²) in [5, 5.41) is 6.54. The number of hydrogen-bond acceptors (Lipinski definition) is 4. The van der Waals surface area contributed by atoms with Crippen molar-refractivity contribution in [2.45, 2.75) is 51.1 Å². The first kappa shape index (κ1) is 22.9. The van der Waals surface area contributed by atoms with E-state index >= 15 is 0 Å². The lowest BCUT2D eigenvalue weighted by Crippen LogP contribution is -2.45. The maximum absolute atomic E-state index is 11.2. The highest BCUT2D eigenvalue weighted by atomic mass is 127. The van der Waals surface area contributed by atoms with Crippen LogP contribution in [0.1, 0.15) is 39.0 Å². The number of nitrogens with one attached hydrogen (secondary N) is 2. The summed E-state index contributed by atoms with van der Waals surface area (Å²) in [6.07, 6.45) is 7.18. The van der Waals surface area contributed by atoms with Crippen LogP contribution in [-0.4, -0.2) is 70.6 Å². The molecule has 0 bridgehead atoms. The Morgan fingerprint density at radius 2 is 1.96 bits per heavy atom. The number of likely N-dealkylation sites (N-methyl/N-ethyl adjacent to an activating group) is 1. The van der Waals surface area contributed by atoms with Gasteiger partial charge in [-0.2, -0.15) is 0 Å². The molecule has 23 heavy (non-hydrogen) atoms. The molecular weight excluding hydrogens is 427 g/mol. The first-order valence-electron chi connectivity index (χ1n) is 8.17. The summed E-state index contributed by atoms with van der Waals surface area (Å²) < 4.78 is 22.4. The number of sulfone groups is 1. The molecule has 0 radical (unpaired) electrons. The highest BCUT2D eigenvalue weighted by Crippen LogP contribution is 2.21. The Morgan fingerprint density at radius 3 is 2.48 bits per heavy atom. The monoisotopic (exact) mass is 460 g/mol. The number of nitrogens with zero attached hydrogens (tertiary/aromatic N) is 2. The summed E-state index contributed by atoms with van der Waals surface area (Å²) in [6.45, 7) is 3.80. The van der Waals surface area contributed by atoms with Crippen LogP contribution < -0.4 is 10.6 Å². The molecule has 0 aromatic rings. The molecule has 1 aliphatic carbocycles. The summed E-state index contributed by atoms with van der Waals surface area (Å²) in [4.78, 5) is 6.61.